The zero-order valence-corrected chi connectivity index (χ0v) is 28.4. The van der Waals surface area contributed by atoms with Gasteiger partial charge in [0, 0.05) is 45.0 Å². The molecule has 0 aromatic heterocycles. The van der Waals surface area contributed by atoms with Gasteiger partial charge in [0.2, 0.25) is 0 Å². The largest absolute Gasteiger partial charge is 0.480 e. The fourth-order valence-corrected chi connectivity index (χ4v) is 6.66. The summed E-state index contributed by atoms with van der Waals surface area (Å²) in [5.41, 5.74) is 4.44. The second-order valence-corrected chi connectivity index (χ2v) is 13.3. The number of nitrogens with zero attached hydrogens (tertiary/aromatic N) is 1. The highest BCUT2D eigenvalue weighted by atomic mass is 32.2. The molecule has 1 saturated heterocycles. The topological polar surface area (TPSA) is 108 Å². The Morgan fingerprint density at radius 1 is 1.09 bits per heavy atom. The highest BCUT2D eigenvalue weighted by Gasteiger charge is 2.33. The van der Waals surface area contributed by atoms with E-state index in [-0.39, 0.29) is 18.1 Å². The quantitative estimate of drug-likeness (QED) is 0.212. The molecule has 1 amide bonds. The second-order valence-electron chi connectivity index (χ2n) is 12.3. The molecule has 3 atom stereocenters. The molecule has 1 aliphatic heterocycles. The molecular weight excluding hydrogens is 588 g/mol. The highest BCUT2D eigenvalue weighted by Crippen LogP contribution is 2.31. The lowest BCUT2D eigenvalue weighted by molar-refractivity contribution is -0.139. The number of aliphatic hydroxyl groups is 1. The van der Waals surface area contributed by atoms with E-state index in [9.17, 15) is 14.7 Å². The summed E-state index contributed by atoms with van der Waals surface area (Å²) in [5.74, 6) is -0.0293. The number of carbonyl (C=O) groups is 2. The number of amides is 1. The van der Waals surface area contributed by atoms with Crippen LogP contribution in [0.15, 0.2) is 42.5 Å². The Morgan fingerprint density at radius 3 is 2.47 bits per heavy atom. The SMILES string of the molecule is CCCO.COCC1CC(OCC2CCCCC2)CN1Cc1ccc(C(=O)NC(CCSC)C(=O)O)c(-c2ccccc2C)c1. The lowest BCUT2D eigenvalue weighted by atomic mass is 9.90. The minimum Gasteiger partial charge on any atom is -0.480 e. The van der Waals surface area contributed by atoms with Crippen LogP contribution in [0.25, 0.3) is 11.1 Å². The Balaban J connectivity index is 0.00000130. The van der Waals surface area contributed by atoms with Crippen molar-refractivity contribution in [3.8, 4) is 11.1 Å². The van der Waals surface area contributed by atoms with Gasteiger partial charge in [-0.25, -0.2) is 4.79 Å². The monoisotopic (exact) mass is 642 g/mol. The molecule has 3 unspecified atom stereocenters. The number of nitrogens with one attached hydrogen (secondary N) is 1. The molecule has 1 saturated carbocycles. The first-order valence-electron chi connectivity index (χ1n) is 16.5. The van der Waals surface area contributed by atoms with Gasteiger partial charge in [0.1, 0.15) is 6.04 Å². The van der Waals surface area contributed by atoms with E-state index < -0.39 is 12.0 Å². The van der Waals surface area contributed by atoms with Crippen LogP contribution in [-0.2, 0) is 20.8 Å². The second kappa shape index (κ2) is 19.9. The molecular formula is C36H54N2O6S. The fraction of sp³-hybridized carbons (Fsp3) is 0.611. The van der Waals surface area contributed by atoms with Crippen LogP contribution in [0.4, 0.5) is 0 Å². The molecule has 2 aromatic carbocycles. The van der Waals surface area contributed by atoms with Gasteiger partial charge in [-0.15, -0.1) is 0 Å². The van der Waals surface area contributed by atoms with Crippen LogP contribution in [0, 0.1) is 12.8 Å². The fourth-order valence-electron chi connectivity index (χ4n) is 6.19. The van der Waals surface area contributed by atoms with Gasteiger partial charge in [-0.05, 0) is 91.3 Å². The van der Waals surface area contributed by atoms with E-state index >= 15 is 0 Å². The maximum absolute atomic E-state index is 13.4. The number of carboxylic acids is 1. The van der Waals surface area contributed by atoms with Gasteiger partial charge in [0.15, 0.2) is 0 Å². The van der Waals surface area contributed by atoms with E-state index in [0.717, 1.165) is 54.8 Å². The van der Waals surface area contributed by atoms with Crippen LogP contribution in [0.2, 0.25) is 0 Å². The van der Waals surface area contributed by atoms with E-state index in [4.69, 9.17) is 14.6 Å². The van der Waals surface area contributed by atoms with Crippen molar-refractivity contribution in [3.63, 3.8) is 0 Å². The van der Waals surface area contributed by atoms with Crippen molar-refractivity contribution >= 4 is 23.6 Å². The van der Waals surface area contributed by atoms with E-state index in [1.807, 2.05) is 56.5 Å². The molecule has 2 aliphatic rings. The molecule has 2 aromatic rings. The van der Waals surface area contributed by atoms with Crippen molar-refractivity contribution in [2.45, 2.75) is 89.9 Å². The maximum atomic E-state index is 13.4. The van der Waals surface area contributed by atoms with Gasteiger partial charge in [-0.1, -0.05) is 56.5 Å². The Bertz CT molecular complexity index is 1190. The first-order chi connectivity index (χ1) is 21.8. The van der Waals surface area contributed by atoms with Crippen molar-refractivity contribution < 1.29 is 29.3 Å². The van der Waals surface area contributed by atoms with Crippen molar-refractivity contribution in [1.29, 1.82) is 0 Å². The molecule has 0 spiro atoms. The van der Waals surface area contributed by atoms with Crippen molar-refractivity contribution in [3.05, 3.63) is 59.2 Å². The first-order valence-corrected chi connectivity index (χ1v) is 17.9. The summed E-state index contributed by atoms with van der Waals surface area (Å²) in [4.78, 5) is 27.7. The van der Waals surface area contributed by atoms with Gasteiger partial charge in [0.05, 0.1) is 12.7 Å². The van der Waals surface area contributed by atoms with E-state index in [1.54, 1.807) is 18.9 Å². The Morgan fingerprint density at radius 2 is 1.82 bits per heavy atom. The number of thioether (sulfide) groups is 1. The van der Waals surface area contributed by atoms with Gasteiger partial charge >= 0.3 is 5.97 Å². The summed E-state index contributed by atoms with van der Waals surface area (Å²) in [6.07, 6.45) is 10.9. The summed E-state index contributed by atoms with van der Waals surface area (Å²) < 4.78 is 12.0. The predicted molar refractivity (Wildman–Crippen MR) is 183 cm³/mol. The molecule has 1 heterocycles. The molecule has 250 valence electrons. The first kappa shape index (κ1) is 37.0. The molecule has 1 aliphatic carbocycles. The summed E-state index contributed by atoms with van der Waals surface area (Å²) in [6, 6.07) is 13.3. The lowest BCUT2D eigenvalue weighted by Gasteiger charge is -2.25. The zero-order chi connectivity index (χ0) is 32.6. The average Bonchev–Trinajstić information content (AvgIpc) is 3.43. The number of carboxylic acid groups (broad SMARTS) is 1. The molecule has 4 rings (SSSR count). The molecule has 45 heavy (non-hydrogen) atoms. The number of methoxy groups -OCH3 is 1. The number of benzene rings is 2. The summed E-state index contributed by atoms with van der Waals surface area (Å²) >= 11 is 1.57. The number of aliphatic carboxylic acids is 1. The number of carbonyl (C=O) groups excluding carboxylic acids is 1. The van der Waals surface area contributed by atoms with Crippen molar-refractivity contribution in [2.24, 2.45) is 5.92 Å². The maximum Gasteiger partial charge on any atom is 0.326 e. The summed E-state index contributed by atoms with van der Waals surface area (Å²) in [5, 5.41) is 20.3. The molecule has 0 radical (unpaired) electrons. The standard InChI is InChI=1S/C33H46N2O5S.C3H8O/c1-23-9-7-8-12-28(23)30-17-25(13-14-29(30)32(36)34-31(33(37)38)15-16-41-3)19-35-20-27(18-26(35)22-39-2)40-21-24-10-5-4-6-11-24;1-2-3-4/h7-9,12-14,17,24,26-27,31H,4-6,10-11,15-16,18-22H2,1-3H3,(H,34,36)(H,37,38);4H,2-3H2,1H3. The van der Waals surface area contributed by atoms with Crippen LogP contribution in [0.5, 0.6) is 0 Å². The third-order valence-corrected chi connectivity index (χ3v) is 9.37. The summed E-state index contributed by atoms with van der Waals surface area (Å²) in [7, 11) is 1.75. The third kappa shape index (κ3) is 11.7. The molecule has 9 heteroatoms. The molecule has 8 nitrogen and oxygen atoms in total. The van der Waals surface area contributed by atoms with Crippen LogP contribution in [-0.4, -0.2) is 90.7 Å². The smallest absolute Gasteiger partial charge is 0.326 e. The van der Waals surface area contributed by atoms with Gasteiger partial charge < -0.3 is 25.0 Å². The number of ether oxygens (including phenoxy) is 2. The van der Waals surface area contributed by atoms with Crippen LogP contribution < -0.4 is 5.32 Å². The Kier molecular flexibility index (Phi) is 16.4. The summed E-state index contributed by atoms with van der Waals surface area (Å²) in [6.45, 7) is 7.38. The average molecular weight is 643 g/mol. The molecule has 0 bridgehead atoms. The van der Waals surface area contributed by atoms with Crippen molar-refractivity contribution in [1.82, 2.24) is 10.2 Å². The third-order valence-electron chi connectivity index (χ3n) is 8.73. The minimum absolute atomic E-state index is 0.201. The van der Waals surface area contributed by atoms with Gasteiger partial charge in [0.25, 0.3) is 5.91 Å². The number of hydrogen-bond acceptors (Lipinski definition) is 7. The zero-order valence-electron chi connectivity index (χ0n) is 27.6. The minimum atomic E-state index is -1.01. The van der Waals surface area contributed by atoms with E-state index in [2.05, 4.69) is 16.3 Å². The van der Waals surface area contributed by atoms with Gasteiger partial charge in [-0.3, -0.25) is 9.69 Å². The van der Waals surface area contributed by atoms with E-state index in [0.29, 0.717) is 36.9 Å². The number of rotatable bonds is 15. The normalized spacial score (nSPS) is 19.5. The van der Waals surface area contributed by atoms with Crippen LogP contribution in [0.3, 0.4) is 0 Å². The van der Waals surface area contributed by atoms with Crippen LogP contribution >= 0.6 is 11.8 Å². The Hall–Kier alpha value is -2.43. The Labute approximate surface area is 274 Å². The highest BCUT2D eigenvalue weighted by molar-refractivity contribution is 7.98. The number of hydrogen-bond donors (Lipinski definition) is 3. The number of aryl methyl sites for hydroxylation is 1. The van der Waals surface area contributed by atoms with Crippen LogP contribution in [0.1, 0.15) is 79.8 Å². The van der Waals surface area contributed by atoms with E-state index in [1.165, 1.54) is 32.1 Å². The predicted octanol–water partition coefficient (Wildman–Crippen LogP) is 6.17. The van der Waals surface area contributed by atoms with Gasteiger partial charge in [-0.2, -0.15) is 11.8 Å². The lowest BCUT2D eigenvalue weighted by Crippen LogP contribution is -2.41. The number of likely N-dealkylation sites (tertiary alicyclic amines) is 1. The van der Waals surface area contributed by atoms with Crippen molar-refractivity contribution in [2.75, 3.05) is 45.5 Å². The number of aliphatic hydroxyl groups excluding tert-OH is 1. The molecule has 2 fully saturated rings. The molecule has 3 N–H and O–H groups in total.